The van der Waals surface area contributed by atoms with Crippen LogP contribution in [0.4, 0.5) is 0 Å². The molecule has 0 unspecified atom stereocenters. The van der Waals surface area contributed by atoms with Gasteiger partial charge in [-0.25, -0.2) is 4.98 Å². The number of nitrogens with zero attached hydrogens (tertiary/aromatic N) is 2. The Kier molecular flexibility index (Phi) is 5.67. The summed E-state index contributed by atoms with van der Waals surface area (Å²) in [5, 5.41) is 3.12. The Morgan fingerprint density at radius 3 is 3.04 bits per heavy atom. The van der Waals surface area contributed by atoms with Gasteiger partial charge in [0.1, 0.15) is 11.1 Å². The Bertz CT molecular complexity index is 528. The summed E-state index contributed by atoms with van der Waals surface area (Å²) in [5.41, 5.74) is 1.03. The average molecular weight is 338 g/mol. The SMILES string of the molecule is Cc1csc([C@@H]2CCCCN2C(=O)[C@@H](C)OC[C@@H]2CCCO2)n1. The van der Waals surface area contributed by atoms with E-state index in [1.807, 2.05) is 18.7 Å². The molecule has 128 valence electrons. The lowest BCUT2D eigenvalue weighted by atomic mass is 10.0. The van der Waals surface area contributed by atoms with E-state index in [4.69, 9.17) is 9.47 Å². The van der Waals surface area contributed by atoms with E-state index in [1.54, 1.807) is 11.3 Å². The average Bonchev–Trinajstić information content (AvgIpc) is 3.23. The van der Waals surface area contributed by atoms with Crippen LogP contribution in [0.5, 0.6) is 0 Å². The molecule has 2 fully saturated rings. The number of aromatic nitrogens is 1. The predicted octanol–water partition coefficient (Wildman–Crippen LogP) is 3.09. The van der Waals surface area contributed by atoms with Crippen LogP contribution >= 0.6 is 11.3 Å². The number of aryl methyl sites for hydroxylation is 1. The molecule has 0 bridgehead atoms. The molecule has 1 aromatic heterocycles. The van der Waals surface area contributed by atoms with Gasteiger partial charge < -0.3 is 14.4 Å². The second-order valence-corrected chi connectivity index (χ2v) is 7.37. The van der Waals surface area contributed by atoms with Crippen molar-refractivity contribution in [1.29, 1.82) is 0 Å². The summed E-state index contributed by atoms with van der Waals surface area (Å²) in [6, 6.07) is 0.115. The van der Waals surface area contributed by atoms with Crippen LogP contribution < -0.4 is 0 Å². The number of amides is 1. The number of carbonyl (C=O) groups excluding carboxylic acids is 1. The van der Waals surface area contributed by atoms with Gasteiger partial charge in [-0.1, -0.05) is 0 Å². The number of rotatable bonds is 5. The highest BCUT2D eigenvalue weighted by Gasteiger charge is 2.33. The van der Waals surface area contributed by atoms with E-state index in [0.717, 1.165) is 56.0 Å². The van der Waals surface area contributed by atoms with Crippen molar-refractivity contribution < 1.29 is 14.3 Å². The number of hydrogen-bond donors (Lipinski definition) is 0. The molecule has 1 amide bonds. The van der Waals surface area contributed by atoms with Crippen molar-refractivity contribution in [2.45, 2.75) is 64.2 Å². The quantitative estimate of drug-likeness (QED) is 0.828. The van der Waals surface area contributed by atoms with Gasteiger partial charge in [-0.05, 0) is 46.0 Å². The zero-order valence-corrected chi connectivity index (χ0v) is 14.8. The molecular weight excluding hydrogens is 312 g/mol. The van der Waals surface area contributed by atoms with Crippen LogP contribution in [0.1, 0.15) is 55.8 Å². The van der Waals surface area contributed by atoms with E-state index >= 15 is 0 Å². The van der Waals surface area contributed by atoms with Crippen LogP contribution in [0.15, 0.2) is 5.38 Å². The van der Waals surface area contributed by atoms with Crippen molar-refractivity contribution in [3.8, 4) is 0 Å². The van der Waals surface area contributed by atoms with Gasteiger partial charge in [-0.3, -0.25) is 4.79 Å². The van der Waals surface area contributed by atoms with Gasteiger partial charge >= 0.3 is 0 Å². The minimum absolute atomic E-state index is 0.0838. The molecule has 0 aromatic carbocycles. The lowest BCUT2D eigenvalue weighted by Gasteiger charge is -2.36. The fourth-order valence-electron chi connectivity index (χ4n) is 3.31. The van der Waals surface area contributed by atoms with Gasteiger partial charge in [0.25, 0.3) is 5.91 Å². The molecule has 3 atom stereocenters. The Balaban J connectivity index is 1.60. The first-order valence-corrected chi connectivity index (χ1v) is 9.49. The number of likely N-dealkylation sites (tertiary alicyclic amines) is 1. The summed E-state index contributed by atoms with van der Waals surface area (Å²) in [6.07, 6.45) is 5.07. The van der Waals surface area contributed by atoms with Crippen molar-refractivity contribution >= 4 is 17.2 Å². The molecule has 5 nitrogen and oxygen atoms in total. The molecule has 0 spiro atoms. The third-order valence-corrected chi connectivity index (χ3v) is 5.68. The predicted molar refractivity (Wildman–Crippen MR) is 89.5 cm³/mol. The topological polar surface area (TPSA) is 51.7 Å². The summed E-state index contributed by atoms with van der Waals surface area (Å²) in [7, 11) is 0. The van der Waals surface area contributed by atoms with Crippen molar-refractivity contribution in [3.05, 3.63) is 16.1 Å². The number of ether oxygens (including phenoxy) is 2. The summed E-state index contributed by atoms with van der Waals surface area (Å²) >= 11 is 1.66. The minimum Gasteiger partial charge on any atom is -0.376 e. The van der Waals surface area contributed by atoms with E-state index in [1.165, 1.54) is 0 Å². The van der Waals surface area contributed by atoms with Crippen LogP contribution in [0, 0.1) is 6.92 Å². The first-order chi connectivity index (χ1) is 11.1. The molecule has 3 rings (SSSR count). The van der Waals surface area contributed by atoms with Crippen LogP contribution in [0.2, 0.25) is 0 Å². The maximum Gasteiger partial charge on any atom is 0.252 e. The van der Waals surface area contributed by atoms with Crippen LogP contribution in [-0.4, -0.2) is 47.8 Å². The standard InChI is InChI=1S/C17H26N2O3S/c1-12-11-23-16(18-12)15-7-3-4-8-19(15)17(20)13(2)22-10-14-6-5-9-21-14/h11,13-15H,3-10H2,1-2H3/t13-,14+,15+/m1/s1. The summed E-state index contributed by atoms with van der Waals surface area (Å²) in [4.78, 5) is 19.4. The van der Waals surface area contributed by atoms with Crippen LogP contribution in [0.25, 0.3) is 0 Å². The number of hydrogen-bond acceptors (Lipinski definition) is 5. The summed E-state index contributed by atoms with van der Waals surface area (Å²) < 4.78 is 11.4. The van der Waals surface area contributed by atoms with Crippen LogP contribution in [0.3, 0.4) is 0 Å². The molecule has 6 heteroatoms. The minimum atomic E-state index is -0.416. The van der Waals surface area contributed by atoms with Crippen molar-refractivity contribution in [1.82, 2.24) is 9.88 Å². The zero-order chi connectivity index (χ0) is 16.2. The molecule has 2 aliphatic rings. The lowest BCUT2D eigenvalue weighted by molar-refractivity contribution is -0.148. The number of piperidine rings is 1. The first-order valence-electron chi connectivity index (χ1n) is 8.61. The highest BCUT2D eigenvalue weighted by molar-refractivity contribution is 7.09. The Labute approximate surface area is 142 Å². The maximum atomic E-state index is 12.8. The highest BCUT2D eigenvalue weighted by Crippen LogP contribution is 2.33. The molecule has 0 saturated carbocycles. The lowest BCUT2D eigenvalue weighted by Crippen LogP contribution is -2.44. The van der Waals surface area contributed by atoms with Gasteiger partial charge in [-0.2, -0.15) is 0 Å². The second-order valence-electron chi connectivity index (χ2n) is 6.48. The highest BCUT2D eigenvalue weighted by atomic mass is 32.1. The largest absolute Gasteiger partial charge is 0.376 e. The molecule has 0 radical (unpaired) electrons. The normalized spacial score (nSPS) is 26.4. The Hall–Kier alpha value is -0.980. The maximum absolute atomic E-state index is 12.8. The number of thiazole rings is 1. The van der Waals surface area contributed by atoms with E-state index in [0.29, 0.717) is 6.61 Å². The monoisotopic (exact) mass is 338 g/mol. The van der Waals surface area contributed by atoms with E-state index < -0.39 is 6.10 Å². The van der Waals surface area contributed by atoms with Gasteiger partial charge in [0.05, 0.1) is 18.8 Å². The van der Waals surface area contributed by atoms with E-state index in [-0.39, 0.29) is 18.1 Å². The molecule has 2 saturated heterocycles. The third kappa shape index (κ3) is 4.11. The molecule has 0 N–H and O–H groups in total. The van der Waals surface area contributed by atoms with Crippen molar-refractivity contribution in [3.63, 3.8) is 0 Å². The molecular formula is C17H26N2O3S. The Morgan fingerprint density at radius 1 is 1.48 bits per heavy atom. The molecule has 3 heterocycles. The first kappa shape index (κ1) is 16.9. The third-order valence-electron chi connectivity index (χ3n) is 4.61. The number of carbonyl (C=O) groups is 1. The van der Waals surface area contributed by atoms with Gasteiger partial charge in [-0.15, -0.1) is 11.3 Å². The molecule has 0 aliphatic carbocycles. The van der Waals surface area contributed by atoms with Crippen molar-refractivity contribution in [2.75, 3.05) is 19.8 Å². The second kappa shape index (κ2) is 7.73. The summed E-state index contributed by atoms with van der Waals surface area (Å²) in [5.74, 6) is 0.0838. The Morgan fingerprint density at radius 2 is 2.35 bits per heavy atom. The van der Waals surface area contributed by atoms with E-state index in [9.17, 15) is 4.79 Å². The molecule has 23 heavy (non-hydrogen) atoms. The zero-order valence-electron chi connectivity index (χ0n) is 14.0. The van der Waals surface area contributed by atoms with Gasteiger partial charge in [0.2, 0.25) is 0 Å². The fourth-order valence-corrected chi connectivity index (χ4v) is 4.25. The van der Waals surface area contributed by atoms with Crippen LogP contribution in [-0.2, 0) is 14.3 Å². The smallest absolute Gasteiger partial charge is 0.252 e. The van der Waals surface area contributed by atoms with Gasteiger partial charge in [0, 0.05) is 24.2 Å². The fraction of sp³-hybridized carbons (Fsp3) is 0.765. The summed E-state index contributed by atoms with van der Waals surface area (Å²) in [6.45, 7) is 5.99. The van der Waals surface area contributed by atoms with E-state index in [2.05, 4.69) is 10.4 Å². The van der Waals surface area contributed by atoms with Gasteiger partial charge in [0.15, 0.2) is 0 Å². The van der Waals surface area contributed by atoms with Crippen molar-refractivity contribution in [2.24, 2.45) is 0 Å². The molecule has 2 aliphatic heterocycles. The molecule has 1 aromatic rings.